The van der Waals surface area contributed by atoms with Crippen LogP contribution in [0.2, 0.25) is 0 Å². The zero-order valence-electron chi connectivity index (χ0n) is 16.8. The predicted octanol–water partition coefficient (Wildman–Crippen LogP) is 1.29. The lowest BCUT2D eigenvalue weighted by Crippen LogP contribution is -2.52. The number of nitrogens with two attached hydrogens (primary N) is 1. The smallest absolute Gasteiger partial charge is 0.267 e. The van der Waals surface area contributed by atoms with Crippen LogP contribution in [0.4, 0.5) is 0 Å². The summed E-state index contributed by atoms with van der Waals surface area (Å²) in [5.74, 6) is -0.763. The van der Waals surface area contributed by atoms with E-state index in [9.17, 15) is 19.2 Å². The van der Waals surface area contributed by atoms with Gasteiger partial charge in [0.25, 0.3) is 11.8 Å². The van der Waals surface area contributed by atoms with Crippen molar-refractivity contribution in [2.75, 3.05) is 0 Å². The van der Waals surface area contributed by atoms with Crippen LogP contribution in [-0.2, 0) is 22.6 Å². The Labute approximate surface area is 178 Å². The van der Waals surface area contributed by atoms with Crippen LogP contribution >= 0.6 is 0 Å². The summed E-state index contributed by atoms with van der Waals surface area (Å²) in [6, 6.07) is 8.80. The number of carbonyl (C=O) groups is 4. The third-order valence-electron chi connectivity index (χ3n) is 6.55. The summed E-state index contributed by atoms with van der Waals surface area (Å²) in [4.78, 5) is 54.1. The van der Waals surface area contributed by atoms with Crippen LogP contribution < -0.4 is 11.1 Å². The minimum absolute atomic E-state index is 0.160. The van der Waals surface area contributed by atoms with Gasteiger partial charge in [0.15, 0.2) is 0 Å². The summed E-state index contributed by atoms with van der Waals surface area (Å²) in [7, 11) is 0. The second-order valence-corrected chi connectivity index (χ2v) is 8.46. The number of aromatic nitrogens is 1. The van der Waals surface area contributed by atoms with Gasteiger partial charge in [0, 0.05) is 24.7 Å². The zero-order chi connectivity index (χ0) is 21.7. The van der Waals surface area contributed by atoms with Crippen molar-refractivity contribution in [3.8, 4) is 0 Å². The van der Waals surface area contributed by atoms with Crippen molar-refractivity contribution in [2.24, 2.45) is 11.7 Å². The lowest BCUT2D eigenvalue weighted by molar-refractivity contribution is -0.136. The molecular formula is C23H22N4O4. The van der Waals surface area contributed by atoms with Gasteiger partial charge in [-0.3, -0.25) is 29.5 Å². The van der Waals surface area contributed by atoms with Crippen LogP contribution in [0, 0.1) is 5.92 Å². The molecule has 1 aromatic carbocycles. The Balaban J connectivity index is 1.36. The van der Waals surface area contributed by atoms with E-state index in [1.807, 2.05) is 18.2 Å². The van der Waals surface area contributed by atoms with E-state index in [1.165, 1.54) is 0 Å². The first-order chi connectivity index (χ1) is 14.9. The van der Waals surface area contributed by atoms with Crippen LogP contribution in [0.1, 0.15) is 62.7 Å². The second kappa shape index (κ2) is 7.30. The van der Waals surface area contributed by atoms with Crippen molar-refractivity contribution in [1.82, 2.24) is 15.2 Å². The molecule has 2 aromatic rings. The van der Waals surface area contributed by atoms with Gasteiger partial charge in [-0.05, 0) is 59.9 Å². The molecule has 1 aromatic heterocycles. The standard InChI is InChI=1S/C23H22N4O4/c24-21(29)20-12(3-2-8-25-20)9-13-10-16(13)14-4-1-5-15-17(14)11-27(23(15)31)18-6-7-19(28)26-22(18)30/h1-5,8,13,16,18H,6-7,9-11H2,(H2,24,29)(H,26,28,30)/t13-,16-,18?/m1/s1. The van der Waals surface area contributed by atoms with Crippen molar-refractivity contribution in [1.29, 1.82) is 0 Å². The maximum Gasteiger partial charge on any atom is 0.267 e. The third-order valence-corrected chi connectivity index (χ3v) is 6.55. The molecule has 0 bridgehead atoms. The lowest BCUT2D eigenvalue weighted by atomic mass is 9.97. The molecule has 31 heavy (non-hydrogen) atoms. The maximum atomic E-state index is 13.0. The molecule has 3 heterocycles. The summed E-state index contributed by atoms with van der Waals surface area (Å²) < 4.78 is 0. The Kier molecular flexibility index (Phi) is 4.57. The average Bonchev–Trinajstić information content (AvgIpc) is 3.42. The summed E-state index contributed by atoms with van der Waals surface area (Å²) in [6.45, 7) is 0.374. The van der Waals surface area contributed by atoms with Crippen molar-refractivity contribution in [3.63, 3.8) is 0 Å². The van der Waals surface area contributed by atoms with Gasteiger partial charge in [-0.15, -0.1) is 0 Å². The number of fused-ring (bicyclic) bond motifs is 1. The predicted molar refractivity (Wildman–Crippen MR) is 110 cm³/mol. The number of benzene rings is 1. The van der Waals surface area contributed by atoms with Crippen molar-refractivity contribution >= 4 is 23.6 Å². The quantitative estimate of drug-likeness (QED) is 0.709. The molecule has 8 nitrogen and oxygen atoms in total. The normalized spacial score (nSPS) is 24.7. The van der Waals surface area contributed by atoms with Crippen LogP contribution in [0.5, 0.6) is 0 Å². The molecule has 8 heteroatoms. The largest absolute Gasteiger partial charge is 0.364 e. The van der Waals surface area contributed by atoms with Gasteiger partial charge in [-0.25, -0.2) is 0 Å². The molecule has 0 radical (unpaired) electrons. The second-order valence-electron chi connectivity index (χ2n) is 8.46. The van der Waals surface area contributed by atoms with E-state index in [-0.39, 0.29) is 24.2 Å². The third kappa shape index (κ3) is 3.37. The number of nitrogens with zero attached hydrogens (tertiary/aromatic N) is 2. The highest BCUT2D eigenvalue weighted by Gasteiger charge is 2.44. The van der Waals surface area contributed by atoms with Gasteiger partial charge >= 0.3 is 0 Å². The first kappa shape index (κ1) is 19.4. The van der Waals surface area contributed by atoms with Crippen LogP contribution in [-0.4, -0.2) is 39.6 Å². The minimum Gasteiger partial charge on any atom is -0.364 e. The van der Waals surface area contributed by atoms with E-state index in [1.54, 1.807) is 23.2 Å². The minimum atomic E-state index is -0.617. The molecule has 158 valence electrons. The highest BCUT2D eigenvalue weighted by molar-refractivity contribution is 6.05. The van der Waals surface area contributed by atoms with Gasteiger partial charge in [-0.1, -0.05) is 18.2 Å². The monoisotopic (exact) mass is 418 g/mol. The fourth-order valence-electron chi connectivity index (χ4n) is 4.92. The van der Waals surface area contributed by atoms with Gasteiger partial charge in [-0.2, -0.15) is 0 Å². The average molecular weight is 418 g/mol. The SMILES string of the molecule is NC(=O)c1ncccc1C[C@@H]1C[C@H]1c1cccc2c1CN(C1CCC(=O)NC1=O)C2=O. The molecule has 2 aliphatic heterocycles. The number of hydrogen-bond acceptors (Lipinski definition) is 5. The Hall–Kier alpha value is -3.55. The van der Waals surface area contributed by atoms with Gasteiger partial charge in [0.2, 0.25) is 11.8 Å². The number of primary amides is 1. The van der Waals surface area contributed by atoms with E-state index in [0.29, 0.717) is 36.6 Å². The van der Waals surface area contributed by atoms with Crippen molar-refractivity contribution < 1.29 is 19.2 Å². The molecule has 1 aliphatic carbocycles. The maximum absolute atomic E-state index is 13.0. The number of piperidine rings is 1. The van der Waals surface area contributed by atoms with Crippen molar-refractivity contribution in [3.05, 3.63) is 64.5 Å². The van der Waals surface area contributed by atoms with Crippen LogP contribution in [0.15, 0.2) is 36.5 Å². The van der Waals surface area contributed by atoms with E-state index < -0.39 is 17.9 Å². The Bertz CT molecular complexity index is 1130. The summed E-state index contributed by atoms with van der Waals surface area (Å²) in [6.07, 6.45) is 3.80. The van der Waals surface area contributed by atoms with E-state index in [2.05, 4.69) is 10.3 Å². The Morgan fingerprint density at radius 2 is 2.03 bits per heavy atom. The summed E-state index contributed by atoms with van der Waals surface area (Å²) in [5.41, 5.74) is 9.32. The fourth-order valence-corrected chi connectivity index (χ4v) is 4.92. The molecule has 4 amide bonds. The Morgan fingerprint density at radius 3 is 2.81 bits per heavy atom. The van der Waals surface area contributed by atoms with E-state index >= 15 is 0 Å². The van der Waals surface area contributed by atoms with Gasteiger partial charge in [0.05, 0.1) is 0 Å². The lowest BCUT2D eigenvalue weighted by Gasteiger charge is -2.29. The number of rotatable bonds is 5. The molecule has 1 unspecified atom stereocenters. The molecule has 0 spiro atoms. The topological polar surface area (TPSA) is 122 Å². The number of pyridine rings is 1. The van der Waals surface area contributed by atoms with Gasteiger partial charge in [0.1, 0.15) is 11.7 Å². The Morgan fingerprint density at radius 1 is 1.19 bits per heavy atom. The molecular weight excluding hydrogens is 396 g/mol. The molecule has 3 aliphatic rings. The highest BCUT2D eigenvalue weighted by Crippen LogP contribution is 2.51. The summed E-state index contributed by atoms with van der Waals surface area (Å²) >= 11 is 0. The van der Waals surface area contributed by atoms with Crippen LogP contribution in [0.3, 0.4) is 0 Å². The molecule has 5 rings (SSSR count). The molecule has 3 atom stereocenters. The number of hydrogen-bond donors (Lipinski definition) is 2. The van der Waals surface area contributed by atoms with Crippen LogP contribution in [0.25, 0.3) is 0 Å². The molecule has 3 N–H and O–H groups in total. The highest BCUT2D eigenvalue weighted by atomic mass is 16.2. The molecule has 1 saturated carbocycles. The number of amides is 4. The first-order valence-corrected chi connectivity index (χ1v) is 10.4. The van der Waals surface area contributed by atoms with E-state index in [0.717, 1.165) is 23.1 Å². The number of carbonyl (C=O) groups excluding carboxylic acids is 4. The van der Waals surface area contributed by atoms with Crippen molar-refractivity contribution in [2.45, 2.75) is 44.2 Å². The number of imide groups is 1. The molecule has 2 fully saturated rings. The first-order valence-electron chi connectivity index (χ1n) is 10.4. The fraction of sp³-hybridized carbons (Fsp3) is 0.348. The molecule has 1 saturated heterocycles. The summed E-state index contributed by atoms with van der Waals surface area (Å²) in [5, 5.41) is 2.34. The van der Waals surface area contributed by atoms with Gasteiger partial charge < -0.3 is 10.6 Å². The van der Waals surface area contributed by atoms with E-state index in [4.69, 9.17) is 5.73 Å². The number of nitrogens with one attached hydrogen (secondary N) is 1. The zero-order valence-corrected chi connectivity index (χ0v) is 16.8.